The predicted octanol–water partition coefficient (Wildman–Crippen LogP) is 4.30. The average molecular weight is 305 g/mol. The van der Waals surface area contributed by atoms with Crippen LogP contribution in [0.5, 0.6) is 5.75 Å². The van der Waals surface area contributed by atoms with Gasteiger partial charge < -0.3 is 4.74 Å². The van der Waals surface area contributed by atoms with Gasteiger partial charge in [-0.15, -0.1) is 0 Å². The quantitative estimate of drug-likeness (QED) is 0.736. The van der Waals surface area contributed by atoms with E-state index in [1.165, 1.54) is 6.07 Å². The number of ether oxygens (including phenoxy) is 1. The molecule has 3 nitrogen and oxygen atoms in total. The van der Waals surface area contributed by atoms with Crippen molar-refractivity contribution in [3.8, 4) is 5.75 Å². The summed E-state index contributed by atoms with van der Waals surface area (Å²) < 4.78 is 28.7. The van der Waals surface area contributed by atoms with Crippen molar-refractivity contribution in [1.29, 1.82) is 0 Å². The second-order valence-electron chi connectivity index (χ2n) is 4.78. The Kier molecular flexibility index (Phi) is 5.68. The maximum absolute atomic E-state index is 11.4. The van der Waals surface area contributed by atoms with E-state index in [2.05, 4.69) is 6.92 Å². The van der Waals surface area contributed by atoms with Crippen molar-refractivity contribution in [2.45, 2.75) is 57.5 Å². The Labute approximate surface area is 120 Å². The van der Waals surface area contributed by atoms with Crippen molar-refractivity contribution in [1.82, 2.24) is 0 Å². The van der Waals surface area contributed by atoms with E-state index < -0.39 is 9.05 Å². The van der Waals surface area contributed by atoms with Crippen molar-refractivity contribution in [3.05, 3.63) is 23.8 Å². The van der Waals surface area contributed by atoms with Crippen molar-refractivity contribution >= 4 is 19.7 Å². The SMILES string of the molecule is CCC(C)Oc1ccc(S(=O)(=O)Cl)cc1C(C)CC. The lowest BCUT2D eigenvalue weighted by Crippen LogP contribution is -2.12. The first-order valence-electron chi connectivity index (χ1n) is 6.54. The van der Waals surface area contributed by atoms with Gasteiger partial charge in [-0.05, 0) is 49.4 Å². The Bertz CT molecular complexity index is 525. The first-order valence-corrected chi connectivity index (χ1v) is 8.85. The normalized spacial score (nSPS) is 15.0. The van der Waals surface area contributed by atoms with Gasteiger partial charge in [0.05, 0.1) is 11.0 Å². The third-order valence-electron chi connectivity index (χ3n) is 3.31. The molecule has 0 bridgehead atoms. The fourth-order valence-corrected chi connectivity index (χ4v) is 2.48. The third kappa shape index (κ3) is 4.39. The zero-order valence-electron chi connectivity index (χ0n) is 11.8. The molecule has 0 heterocycles. The summed E-state index contributed by atoms with van der Waals surface area (Å²) in [4.78, 5) is 0.126. The summed E-state index contributed by atoms with van der Waals surface area (Å²) in [7, 11) is 1.69. The minimum Gasteiger partial charge on any atom is -0.490 e. The minimum absolute atomic E-state index is 0.0984. The average Bonchev–Trinajstić information content (AvgIpc) is 2.36. The Morgan fingerprint density at radius 3 is 2.32 bits per heavy atom. The molecule has 0 aliphatic rings. The fourth-order valence-electron chi connectivity index (χ4n) is 1.69. The number of benzene rings is 1. The van der Waals surface area contributed by atoms with Crippen LogP contribution in [0.3, 0.4) is 0 Å². The molecule has 0 aromatic heterocycles. The third-order valence-corrected chi connectivity index (χ3v) is 4.66. The van der Waals surface area contributed by atoms with Crippen LogP contribution in [0, 0.1) is 0 Å². The van der Waals surface area contributed by atoms with Gasteiger partial charge in [0.2, 0.25) is 0 Å². The molecule has 0 radical (unpaired) electrons. The van der Waals surface area contributed by atoms with Crippen LogP contribution in [-0.2, 0) is 9.05 Å². The minimum atomic E-state index is -3.70. The van der Waals surface area contributed by atoms with E-state index in [-0.39, 0.29) is 16.9 Å². The van der Waals surface area contributed by atoms with E-state index >= 15 is 0 Å². The molecular formula is C14H21ClO3S. The van der Waals surface area contributed by atoms with Crippen molar-refractivity contribution in [2.24, 2.45) is 0 Å². The Morgan fingerprint density at radius 1 is 1.21 bits per heavy atom. The molecule has 1 aromatic rings. The standard InChI is InChI=1S/C14H21ClO3S/c1-5-10(3)13-9-12(19(15,16)17)7-8-14(13)18-11(4)6-2/h7-11H,5-6H2,1-4H3. The van der Waals surface area contributed by atoms with Gasteiger partial charge in [0.25, 0.3) is 9.05 Å². The number of hydrogen-bond acceptors (Lipinski definition) is 3. The first-order chi connectivity index (χ1) is 8.79. The van der Waals surface area contributed by atoms with Gasteiger partial charge in [0.15, 0.2) is 0 Å². The van der Waals surface area contributed by atoms with E-state index in [0.717, 1.165) is 24.2 Å². The summed E-state index contributed by atoms with van der Waals surface area (Å²) in [6.07, 6.45) is 1.90. The molecule has 1 rings (SSSR count). The molecule has 0 saturated carbocycles. The fraction of sp³-hybridized carbons (Fsp3) is 0.571. The highest BCUT2D eigenvalue weighted by Crippen LogP contribution is 2.32. The molecule has 0 fully saturated rings. The van der Waals surface area contributed by atoms with Gasteiger partial charge in [0, 0.05) is 10.7 Å². The Balaban J connectivity index is 3.24. The molecule has 0 aliphatic carbocycles. The summed E-state index contributed by atoms with van der Waals surface area (Å²) in [5.74, 6) is 0.963. The first kappa shape index (κ1) is 16.3. The van der Waals surface area contributed by atoms with Crippen LogP contribution in [0.15, 0.2) is 23.1 Å². The van der Waals surface area contributed by atoms with Crippen LogP contribution in [0.25, 0.3) is 0 Å². The van der Waals surface area contributed by atoms with Crippen LogP contribution >= 0.6 is 10.7 Å². The van der Waals surface area contributed by atoms with Gasteiger partial charge in [-0.25, -0.2) is 8.42 Å². The monoisotopic (exact) mass is 304 g/mol. The zero-order chi connectivity index (χ0) is 14.6. The highest BCUT2D eigenvalue weighted by molar-refractivity contribution is 8.13. The molecule has 19 heavy (non-hydrogen) atoms. The van der Waals surface area contributed by atoms with Crippen molar-refractivity contribution in [3.63, 3.8) is 0 Å². The largest absolute Gasteiger partial charge is 0.490 e. The van der Waals surface area contributed by atoms with E-state index in [1.807, 2.05) is 20.8 Å². The molecule has 0 spiro atoms. The lowest BCUT2D eigenvalue weighted by Gasteiger charge is -2.19. The molecular weight excluding hydrogens is 284 g/mol. The van der Waals surface area contributed by atoms with Crippen LogP contribution in [0.4, 0.5) is 0 Å². The highest BCUT2D eigenvalue weighted by Gasteiger charge is 2.17. The van der Waals surface area contributed by atoms with E-state index in [4.69, 9.17) is 15.4 Å². The Hall–Kier alpha value is -0.740. The number of hydrogen-bond donors (Lipinski definition) is 0. The van der Waals surface area contributed by atoms with Crippen LogP contribution < -0.4 is 4.74 Å². The van der Waals surface area contributed by atoms with Crippen LogP contribution in [-0.4, -0.2) is 14.5 Å². The number of rotatable bonds is 6. The summed E-state index contributed by atoms with van der Waals surface area (Å²) in [5.41, 5.74) is 0.893. The van der Waals surface area contributed by atoms with Crippen molar-refractivity contribution in [2.75, 3.05) is 0 Å². The maximum Gasteiger partial charge on any atom is 0.261 e. The van der Waals surface area contributed by atoms with Gasteiger partial charge in [0.1, 0.15) is 5.75 Å². The van der Waals surface area contributed by atoms with E-state index in [0.29, 0.717) is 0 Å². The second-order valence-corrected chi connectivity index (χ2v) is 7.35. The lowest BCUT2D eigenvalue weighted by molar-refractivity contribution is 0.214. The summed E-state index contributed by atoms with van der Waals surface area (Å²) >= 11 is 0. The summed E-state index contributed by atoms with van der Waals surface area (Å²) in [6, 6.07) is 4.81. The Morgan fingerprint density at radius 2 is 1.84 bits per heavy atom. The molecule has 2 unspecified atom stereocenters. The smallest absolute Gasteiger partial charge is 0.261 e. The van der Waals surface area contributed by atoms with Gasteiger partial charge in [-0.2, -0.15) is 0 Å². The van der Waals surface area contributed by atoms with E-state index in [9.17, 15) is 8.42 Å². The van der Waals surface area contributed by atoms with Gasteiger partial charge in [-0.1, -0.05) is 20.8 Å². The molecule has 0 saturated heterocycles. The molecule has 2 atom stereocenters. The van der Waals surface area contributed by atoms with Crippen LogP contribution in [0.1, 0.15) is 52.0 Å². The van der Waals surface area contributed by atoms with E-state index in [1.54, 1.807) is 12.1 Å². The van der Waals surface area contributed by atoms with Gasteiger partial charge >= 0.3 is 0 Å². The zero-order valence-corrected chi connectivity index (χ0v) is 13.4. The molecule has 0 amide bonds. The second kappa shape index (κ2) is 6.62. The molecule has 5 heteroatoms. The van der Waals surface area contributed by atoms with Crippen LogP contribution in [0.2, 0.25) is 0 Å². The topological polar surface area (TPSA) is 43.4 Å². The molecule has 0 N–H and O–H groups in total. The maximum atomic E-state index is 11.4. The predicted molar refractivity (Wildman–Crippen MR) is 78.6 cm³/mol. The van der Waals surface area contributed by atoms with Gasteiger partial charge in [-0.3, -0.25) is 0 Å². The lowest BCUT2D eigenvalue weighted by atomic mass is 9.97. The summed E-state index contributed by atoms with van der Waals surface area (Å²) in [6.45, 7) is 8.14. The molecule has 108 valence electrons. The highest BCUT2D eigenvalue weighted by atomic mass is 35.7. The molecule has 1 aromatic carbocycles. The van der Waals surface area contributed by atoms with Crippen molar-refractivity contribution < 1.29 is 13.2 Å². The summed E-state index contributed by atoms with van der Waals surface area (Å²) in [5, 5.41) is 0. The molecule has 0 aliphatic heterocycles. The number of halogens is 1.